The van der Waals surface area contributed by atoms with Gasteiger partial charge in [-0.15, -0.1) is 11.3 Å². The van der Waals surface area contributed by atoms with Crippen molar-refractivity contribution in [3.63, 3.8) is 0 Å². The molecule has 1 N–H and O–H groups in total. The Morgan fingerprint density at radius 2 is 2.00 bits per heavy atom. The van der Waals surface area contributed by atoms with E-state index in [0.29, 0.717) is 0 Å². The monoisotopic (exact) mass is 279 g/mol. The highest BCUT2D eigenvalue weighted by Crippen LogP contribution is 2.29. The summed E-state index contributed by atoms with van der Waals surface area (Å²) < 4.78 is 13.0. The van der Waals surface area contributed by atoms with Crippen LogP contribution in [0.4, 0.5) is 15.2 Å². The van der Waals surface area contributed by atoms with Gasteiger partial charge >= 0.3 is 0 Å². The second-order valence-electron chi connectivity index (χ2n) is 4.11. The van der Waals surface area contributed by atoms with Crippen molar-refractivity contribution in [1.29, 1.82) is 0 Å². The van der Waals surface area contributed by atoms with Crippen LogP contribution < -0.4 is 10.2 Å². The molecule has 0 saturated carbocycles. The zero-order chi connectivity index (χ0) is 13.7. The summed E-state index contributed by atoms with van der Waals surface area (Å²) in [6, 6.07) is 6.52. The van der Waals surface area contributed by atoms with E-state index < -0.39 is 0 Å². The van der Waals surface area contributed by atoms with Crippen molar-refractivity contribution >= 4 is 22.2 Å². The maximum atomic E-state index is 13.0. The van der Waals surface area contributed by atoms with E-state index in [1.165, 1.54) is 17.0 Å². The van der Waals surface area contributed by atoms with Crippen molar-refractivity contribution in [1.82, 2.24) is 10.3 Å². The molecule has 0 aliphatic heterocycles. The molecule has 0 atom stereocenters. The third kappa shape index (κ3) is 3.52. The lowest BCUT2D eigenvalue weighted by molar-refractivity contribution is 0.628. The van der Waals surface area contributed by atoms with E-state index in [1.54, 1.807) is 23.5 Å². The summed E-state index contributed by atoms with van der Waals surface area (Å²) in [6.45, 7) is 6.74. The number of rotatable bonds is 6. The fourth-order valence-electron chi connectivity index (χ4n) is 1.80. The normalized spacial score (nSPS) is 10.7. The van der Waals surface area contributed by atoms with Crippen molar-refractivity contribution in [2.45, 2.75) is 20.4 Å². The Balaban J connectivity index is 2.17. The predicted molar refractivity (Wildman–Crippen MR) is 78.6 cm³/mol. The van der Waals surface area contributed by atoms with Crippen molar-refractivity contribution in [2.75, 3.05) is 18.0 Å². The van der Waals surface area contributed by atoms with Crippen LogP contribution in [0.2, 0.25) is 0 Å². The maximum absolute atomic E-state index is 13.0. The molecule has 3 nitrogen and oxygen atoms in total. The molecule has 0 radical (unpaired) electrons. The van der Waals surface area contributed by atoms with Gasteiger partial charge in [-0.1, -0.05) is 6.92 Å². The largest absolute Gasteiger partial charge is 0.318 e. The Kier molecular flexibility index (Phi) is 4.87. The van der Waals surface area contributed by atoms with Crippen molar-refractivity contribution in [2.24, 2.45) is 0 Å². The van der Waals surface area contributed by atoms with Crippen LogP contribution in [0.3, 0.4) is 0 Å². The first-order valence-electron chi connectivity index (χ1n) is 6.43. The second-order valence-corrected chi connectivity index (χ2v) is 5.20. The third-order valence-corrected chi connectivity index (χ3v) is 3.80. The molecule has 102 valence electrons. The van der Waals surface area contributed by atoms with Gasteiger partial charge in [0.25, 0.3) is 0 Å². The minimum atomic E-state index is -0.216. The fourth-order valence-corrected chi connectivity index (χ4v) is 2.77. The van der Waals surface area contributed by atoms with Gasteiger partial charge in [0.15, 0.2) is 5.13 Å². The van der Waals surface area contributed by atoms with Crippen molar-refractivity contribution in [3.05, 3.63) is 41.2 Å². The molecule has 1 aromatic carbocycles. The average molecular weight is 279 g/mol. The minimum absolute atomic E-state index is 0.216. The molecule has 0 saturated heterocycles. The van der Waals surface area contributed by atoms with Crippen LogP contribution in [0, 0.1) is 5.82 Å². The molecule has 0 spiro atoms. The van der Waals surface area contributed by atoms with Gasteiger partial charge < -0.3 is 10.2 Å². The van der Waals surface area contributed by atoms with Crippen LogP contribution >= 0.6 is 11.3 Å². The zero-order valence-electron chi connectivity index (χ0n) is 11.2. The first-order valence-corrected chi connectivity index (χ1v) is 7.24. The van der Waals surface area contributed by atoms with Gasteiger partial charge in [0.2, 0.25) is 0 Å². The molecular weight excluding hydrogens is 261 g/mol. The number of halogens is 1. The number of aromatic nitrogens is 1. The molecule has 5 heteroatoms. The molecule has 0 bridgehead atoms. The van der Waals surface area contributed by atoms with Crippen LogP contribution in [0.1, 0.15) is 18.7 Å². The van der Waals surface area contributed by atoms with E-state index in [1.807, 2.05) is 6.20 Å². The van der Waals surface area contributed by atoms with Gasteiger partial charge in [0.05, 0.1) is 0 Å². The molecule has 0 unspecified atom stereocenters. The van der Waals surface area contributed by atoms with Crippen molar-refractivity contribution in [3.8, 4) is 0 Å². The Morgan fingerprint density at radius 1 is 1.26 bits per heavy atom. The minimum Gasteiger partial charge on any atom is -0.318 e. The number of hydrogen-bond donors (Lipinski definition) is 1. The van der Waals surface area contributed by atoms with Gasteiger partial charge in [-0.25, -0.2) is 9.37 Å². The number of hydrogen-bond acceptors (Lipinski definition) is 4. The first kappa shape index (κ1) is 14.0. The van der Waals surface area contributed by atoms with Crippen molar-refractivity contribution < 1.29 is 4.39 Å². The standard InChI is InChI=1S/C14H18FN3S/c1-3-16-9-13-10-17-14(19-13)18(4-2)12-7-5-11(15)6-8-12/h5-8,10,16H,3-4,9H2,1-2H3. The van der Waals surface area contributed by atoms with Gasteiger partial charge in [0, 0.05) is 29.9 Å². The SMILES string of the molecule is CCNCc1cnc(N(CC)c2ccc(F)cc2)s1. The smallest absolute Gasteiger partial charge is 0.190 e. The average Bonchev–Trinajstić information content (AvgIpc) is 2.88. The lowest BCUT2D eigenvalue weighted by Gasteiger charge is -2.19. The molecular formula is C14H18FN3S. The van der Waals surface area contributed by atoms with Crippen LogP contribution in [0.5, 0.6) is 0 Å². The second kappa shape index (κ2) is 6.63. The molecule has 1 heterocycles. The van der Waals surface area contributed by atoms with Gasteiger partial charge in [-0.2, -0.15) is 0 Å². The van der Waals surface area contributed by atoms with E-state index in [4.69, 9.17) is 0 Å². The topological polar surface area (TPSA) is 28.2 Å². The lowest BCUT2D eigenvalue weighted by atomic mass is 10.3. The van der Waals surface area contributed by atoms with Crippen LogP contribution in [-0.4, -0.2) is 18.1 Å². The highest BCUT2D eigenvalue weighted by Gasteiger charge is 2.11. The van der Waals surface area contributed by atoms with Crippen LogP contribution in [0.15, 0.2) is 30.5 Å². The van der Waals surface area contributed by atoms with E-state index in [2.05, 4.69) is 29.0 Å². The number of nitrogens with one attached hydrogen (secondary N) is 1. The molecule has 1 aromatic heterocycles. The maximum Gasteiger partial charge on any atom is 0.190 e. The molecule has 2 rings (SSSR count). The third-order valence-electron chi connectivity index (χ3n) is 2.78. The van der Waals surface area contributed by atoms with E-state index in [9.17, 15) is 4.39 Å². The van der Waals surface area contributed by atoms with E-state index in [-0.39, 0.29) is 5.82 Å². The zero-order valence-corrected chi connectivity index (χ0v) is 12.0. The molecule has 0 fully saturated rings. The lowest BCUT2D eigenvalue weighted by Crippen LogP contribution is -2.15. The quantitative estimate of drug-likeness (QED) is 0.876. The summed E-state index contributed by atoms with van der Waals surface area (Å²) in [5.41, 5.74) is 0.966. The van der Waals surface area contributed by atoms with E-state index in [0.717, 1.165) is 30.5 Å². The highest BCUT2D eigenvalue weighted by molar-refractivity contribution is 7.15. The van der Waals surface area contributed by atoms with Gasteiger partial charge in [-0.3, -0.25) is 0 Å². The molecule has 0 aliphatic carbocycles. The number of benzene rings is 1. The number of nitrogens with zero attached hydrogens (tertiary/aromatic N) is 2. The Hall–Kier alpha value is -1.46. The Bertz CT molecular complexity index is 510. The number of anilines is 2. The fraction of sp³-hybridized carbons (Fsp3) is 0.357. The summed E-state index contributed by atoms with van der Waals surface area (Å²) in [5.74, 6) is -0.216. The molecule has 0 aliphatic rings. The Morgan fingerprint density at radius 3 is 2.63 bits per heavy atom. The summed E-state index contributed by atoms with van der Waals surface area (Å²) in [4.78, 5) is 7.74. The Labute approximate surface area is 117 Å². The van der Waals surface area contributed by atoms with Crippen LogP contribution in [-0.2, 0) is 6.54 Å². The molecule has 19 heavy (non-hydrogen) atoms. The molecule has 0 amide bonds. The highest BCUT2D eigenvalue weighted by atomic mass is 32.1. The summed E-state index contributed by atoms with van der Waals surface area (Å²) in [5, 5.41) is 4.23. The van der Waals surface area contributed by atoms with Crippen LogP contribution in [0.25, 0.3) is 0 Å². The van der Waals surface area contributed by atoms with Gasteiger partial charge in [-0.05, 0) is 37.7 Å². The molecule has 2 aromatic rings. The predicted octanol–water partition coefficient (Wildman–Crippen LogP) is 3.55. The van der Waals surface area contributed by atoms with E-state index >= 15 is 0 Å². The van der Waals surface area contributed by atoms with Gasteiger partial charge in [0.1, 0.15) is 5.82 Å². The summed E-state index contributed by atoms with van der Waals surface area (Å²) in [6.07, 6.45) is 1.90. The first-order chi connectivity index (χ1) is 9.24. The summed E-state index contributed by atoms with van der Waals surface area (Å²) in [7, 11) is 0. The number of thiazole rings is 1. The summed E-state index contributed by atoms with van der Waals surface area (Å²) >= 11 is 1.66.